The Hall–Kier alpha value is -2.82. The number of piperazine rings is 1. The fraction of sp³-hybridized carbons (Fsp3) is 0.333. The molecule has 0 aromatic heterocycles. The number of hydrogen-bond donors (Lipinski definition) is 0. The summed E-state index contributed by atoms with van der Waals surface area (Å²) in [5.74, 6) is 0.589. The van der Waals surface area contributed by atoms with Crippen LogP contribution in [0, 0.1) is 13.8 Å². The molecule has 2 aromatic rings. The summed E-state index contributed by atoms with van der Waals surface area (Å²) in [6.07, 6.45) is 0. The summed E-state index contributed by atoms with van der Waals surface area (Å²) in [4.78, 5) is 29.1. The quantitative estimate of drug-likeness (QED) is 0.852. The number of ether oxygens (including phenoxy) is 1. The van der Waals surface area contributed by atoms with Crippen LogP contribution in [0.4, 0.5) is 5.69 Å². The Morgan fingerprint density at radius 2 is 1.81 bits per heavy atom. The number of carbonyl (C=O) groups excluding carboxylic acids is 2. The minimum Gasteiger partial charge on any atom is -0.497 e. The van der Waals surface area contributed by atoms with Gasteiger partial charge in [0.2, 0.25) is 5.91 Å². The highest BCUT2D eigenvalue weighted by atomic mass is 16.5. The molecule has 0 bridgehead atoms. The molecule has 0 N–H and O–H groups in total. The van der Waals surface area contributed by atoms with Crippen LogP contribution in [0.3, 0.4) is 0 Å². The van der Waals surface area contributed by atoms with Crippen molar-refractivity contribution in [2.75, 3.05) is 25.1 Å². The lowest BCUT2D eigenvalue weighted by molar-refractivity contribution is -0.121. The lowest BCUT2D eigenvalue weighted by Crippen LogP contribution is -2.57. The highest BCUT2D eigenvalue weighted by Crippen LogP contribution is 2.24. The van der Waals surface area contributed by atoms with Crippen LogP contribution < -0.4 is 9.64 Å². The van der Waals surface area contributed by atoms with Crippen molar-refractivity contribution in [3.63, 3.8) is 0 Å². The van der Waals surface area contributed by atoms with Crippen molar-refractivity contribution in [2.24, 2.45) is 0 Å². The van der Waals surface area contributed by atoms with Gasteiger partial charge in [-0.15, -0.1) is 0 Å². The van der Waals surface area contributed by atoms with E-state index in [2.05, 4.69) is 0 Å². The van der Waals surface area contributed by atoms with Crippen molar-refractivity contribution in [1.82, 2.24) is 4.90 Å². The normalized spacial score (nSPS) is 17.4. The van der Waals surface area contributed by atoms with Gasteiger partial charge in [-0.3, -0.25) is 9.59 Å². The Morgan fingerprint density at radius 3 is 2.46 bits per heavy atom. The zero-order valence-electron chi connectivity index (χ0n) is 15.7. The van der Waals surface area contributed by atoms with Crippen molar-refractivity contribution < 1.29 is 14.3 Å². The smallest absolute Gasteiger partial charge is 0.254 e. The third kappa shape index (κ3) is 3.43. The number of hydrogen-bond acceptors (Lipinski definition) is 3. The minimum atomic E-state index is -0.0820. The molecule has 2 aromatic carbocycles. The van der Waals surface area contributed by atoms with Crippen LogP contribution >= 0.6 is 0 Å². The Morgan fingerprint density at radius 1 is 1.12 bits per heavy atom. The van der Waals surface area contributed by atoms with E-state index in [4.69, 9.17) is 4.74 Å². The molecule has 1 saturated heterocycles. The summed E-state index contributed by atoms with van der Waals surface area (Å²) >= 11 is 0. The molecule has 5 nitrogen and oxygen atoms in total. The largest absolute Gasteiger partial charge is 0.497 e. The molecule has 1 aliphatic rings. The molecule has 0 aliphatic carbocycles. The van der Waals surface area contributed by atoms with E-state index in [0.717, 1.165) is 22.6 Å². The van der Waals surface area contributed by atoms with Gasteiger partial charge in [-0.05, 0) is 56.7 Å². The number of carbonyl (C=O) groups is 2. The second kappa shape index (κ2) is 7.20. The van der Waals surface area contributed by atoms with Gasteiger partial charge in [0.25, 0.3) is 5.91 Å². The first-order valence-electron chi connectivity index (χ1n) is 8.73. The number of benzene rings is 2. The number of rotatable bonds is 3. The fourth-order valence-corrected chi connectivity index (χ4v) is 3.26. The monoisotopic (exact) mass is 352 g/mol. The molecule has 0 radical (unpaired) electrons. The van der Waals surface area contributed by atoms with E-state index < -0.39 is 0 Å². The molecular weight excluding hydrogens is 328 g/mol. The maximum Gasteiger partial charge on any atom is 0.254 e. The van der Waals surface area contributed by atoms with Crippen molar-refractivity contribution in [2.45, 2.75) is 26.8 Å². The van der Waals surface area contributed by atoms with Gasteiger partial charge in [0, 0.05) is 23.8 Å². The Kier molecular flexibility index (Phi) is 4.98. The summed E-state index contributed by atoms with van der Waals surface area (Å²) in [6.45, 7) is 6.42. The first-order chi connectivity index (χ1) is 12.4. The summed E-state index contributed by atoms with van der Waals surface area (Å²) < 4.78 is 5.17. The fourth-order valence-electron chi connectivity index (χ4n) is 3.26. The minimum absolute atomic E-state index is 0.0674. The van der Waals surface area contributed by atoms with E-state index in [9.17, 15) is 9.59 Å². The van der Waals surface area contributed by atoms with E-state index in [1.54, 1.807) is 16.9 Å². The number of nitrogens with zero attached hydrogens (tertiary/aromatic N) is 2. The Labute approximate surface area is 154 Å². The summed E-state index contributed by atoms with van der Waals surface area (Å²) in [7, 11) is 1.61. The molecule has 1 heterocycles. The first-order valence-corrected chi connectivity index (χ1v) is 8.73. The number of methoxy groups -OCH3 is 1. The molecule has 2 amide bonds. The molecule has 0 spiro atoms. The standard InChI is InChI=1S/C21H24N2O3/c1-14-5-6-15(2)19(11-14)21(25)22-13-20(24)23(12-16(22)3)17-7-9-18(26-4)10-8-17/h5-11,16H,12-13H2,1-4H3/t16-/m1/s1. The second-order valence-electron chi connectivity index (χ2n) is 6.80. The number of anilines is 1. The molecular formula is C21H24N2O3. The molecule has 5 heteroatoms. The lowest BCUT2D eigenvalue weighted by atomic mass is 10.0. The Bertz CT molecular complexity index is 830. The maximum absolute atomic E-state index is 13.0. The molecule has 26 heavy (non-hydrogen) atoms. The third-order valence-electron chi connectivity index (χ3n) is 4.85. The SMILES string of the molecule is COc1ccc(N2C[C@@H](C)N(C(=O)c3cc(C)ccc3C)CC2=O)cc1. The molecule has 1 aliphatic heterocycles. The molecule has 0 saturated carbocycles. The molecule has 0 unspecified atom stereocenters. The topological polar surface area (TPSA) is 49.9 Å². The molecule has 1 atom stereocenters. The highest BCUT2D eigenvalue weighted by Gasteiger charge is 2.34. The molecule has 136 valence electrons. The summed E-state index contributed by atoms with van der Waals surface area (Å²) in [5, 5.41) is 0. The zero-order chi connectivity index (χ0) is 18.8. The van der Waals surface area contributed by atoms with Gasteiger partial charge in [-0.2, -0.15) is 0 Å². The molecule has 3 rings (SSSR count). The highest BCUT2D eigenvalue weighted by molar-refractivity contribution is 6.02. The van der Waals surface area contributed by atoms with Crippen LogP contribution in [-0.4, -0.2) is 43.0 Å². The van der Waals surface area contributed by atoms with Crippen molar-refractivity contribution >= 4 is 17.5 Å². The van der Waals surface area contributed by atoms with Crippen LogP contribution in [-0.2, 0) is 4.79 Å². The first kappa shape index (κ1) is 18.0. The van der Waals surface area contributed by atoms with E-state index in [1.807, 2.05) is 63.2 Å². The van der Waals surface area contributed by atoms with Crippen molar-refractivity contribution in [1.29, 1.82) is 0 Å². The maximum atomic E-state index is 13.0. The van der Waals surface area contributed by atoms with Crippen LogP contribution in [0.25, 0.3) is 0 Å². The van der Waals surface area contributed by atoms with Gasteiger partial charge in [0.05, 0.1) is 7.11 Å². The predicted octanol–water partition coefficient (Wildman–Crippen LogP) is 3.19. The van der Waals surface area contributed by atoms with Gasteiger partial charge in [-0.25, -0.2) is 0 Å². The number of aryl methyl sites for hydroxylation is 2. The Balaban J connectivity index is 1.80. The van der Waals surface area contributed by atoms with E-state index in [1.165, 1.54) is 0 Å². The van der Waals surface area contributed by atoms with E-state index >= 15 is 0 Å². The van der Waals surface area contributed by atoms with Crippen LogP contribution in [0.2, 0.25) is 0 Å². The van der Waals surface area contributed by atoms with Crippen LogP contribution in [0.5, 0.6) is 5.75 Å². The van der Waals surface area contributed by atoms with Crippen molar-refractivity contribution in [3.8, 4) is 5.75 Å². The number of amides is 2. The third-order valence-corrected chi connectivity index (χ3v) is 4.85. The average molecular weight is 352 g/mol. The van der Waals surface area contributed by atoms with Crippen LogP contribution in [0.15, 0.2) is 42.5 Å². The van der Waals surface area contributed by atoms with E-state index in [-0.39, 0.29) is 24.4 Å². The van der Waals surface area contributed by atoms with Gasteiger partial charge in [0.1, 0.15) is 12.3 Å². The zero-order valence-corrected chi connectivity index (χ0v) is 15.7. The second-order valence-corrected chi connectivity index (χ2v) is 6.80. The van der Waals surface area contributed by atoms with Gasteiger partial charge < -0.3 is 14.5 Å². The average Bonchev–Trinajstić information content (AvgIpc) is 2.65. The van der Waals surface area contributed by atoms with Gasteiger partial charge in [0.15, 0.2) is 0 Å². The van der Waals surface area contributed by atoms with Crippen LogP contribution in [0.1, 0.15) is 28.4 Å². The van der Waals surface area contributed by atoms with Gasteiger partial charge >= 0.3 is 0 Å². The van der Waals surface area contributed by atoms with Gasteiger partial charge in [-0.1, -0.05) is 17.7 Å². The lowest BCUT2D eigenvalue weighted by Gasteiger charge is -2.39. The predicted molar refractivity (Wildman–Crippen MR) is 102 cm³/mol. The van der Waals surface area contributed by atoms with E-state index in [0.29, 0.717) is 12.1 Å². The summed E-state index contributed by atoms with van der Waals surface area (Å²) in [5.41, 5.74) is 3.46. The van der Waals surface area contributed by atoms with Crippen molar-refractivity contribution in [3.05, 3.63) is 59.2 Å². The molecule has 1 fully saturated rings. The summed E-state index contributed by atoms with van der Waals surface area (Å²) in [6, 6.07) is 13.2.